The van der Waals surface area contributed by atoms with E-state index >= 15 is 0 Å². The highest BCUT2D eigenvalue weighted by Crippen LogP contribution is 2.38. The van der Waals surface area contributed by atoms with Gasteiger partial charge in [0.25, 0.3) is 0 Å². The molecule has 0 aliphatic heterocycles. The molecule has 106 valence electrons. The maximum Gasteiger partial charge on any atom is 0.151 e. The average molecular weight is 268 g/mol. The first-order chi connectivity index (χ1) is 8.80. The average Bonchev–Trinajstić information content (AvgIpc) is 2.27. The van der Waals surface area contributed by atoms with Crippen LogP contribution < -0.4 is 10.6 Å². The molecule has 0 atom stereocenters. The van der Waals surface area contributed by atoms with Gasteiger partial charge in [-0.05, 0) is 43.2 Å². The Hall–Kier alpha value is -1.32. The van der Waals surface area contributed by atoms with Gasteiger partial charge in [0.1, 0.15) is 5.69 Å². The van der Waals surface area contributed by atoms with Crippen LogP contribution in [0.4, 0.5) is 20.2 Å². The third-order valence-electron chi connectivity index (χ3n) is 4.25. The normalized spacial score (nSPS) is 19.4. The molecule has 0 bridgehead atoms. The Morgan fingerprint density at radius 2 is 1.63 bits per heavy atom. The number of halogens is 2. The summed E-state index contributed by atoms with van der Waals surface area (Å²) in [5, 5.41) is 0. The summed E-state index contributed by atoms with van der Waals surface area (Å²) in [5.74, 6) is -1.16. The van der Waals surface area contributed by atoms with Crippen LogP contribution in [0, 0.1) is 17.0 Å². The number of nitrogens with zero attached hydrogens (tertiary/aromatic N) is 1. The Labute approximate surface area is 113 Å². The maximum absolute atomic E-state index is 13.9. The molecule has 1 aromatic rings. The third-order valence-corrected chi connectivity index (χ3v) is 4.25. The van der Waals surface area contributed by atoms with E-state index in [1.165, 1.54) is 12.1 Å². The van der Waals surface area contributed by atoms with Gasteiger partial charge in [0.15, 0.2) is 11.6 Å². The van der Waals surface area contributed by atoms with Crippen molar-refractivity contribution in [3.63, 3.8) is 0 Å². The molecule has 0 radical (unpaired) electrons. The number of benzene rings is 1. The Kier molecular flexibility index (Phi) is 3.70. The van der Waals surface area contributed by atoms with Crippen molar-refractivity contribution in [2.45, 2.75) is 45.6 Å². The van der Waals surface area contributed by atoms with Crippen LogP contribution in [-0.4, -0.2) is 13.1 Å². The first-order valence-electron chi connectivity index (χ1n) is 6.77. The molecule has 1 aliphatic carbocycles. The minimum absolute atomic E-state index is 0.0407. The van der Waals surface area contributed by atoms with Gasteiger partial charge in [-0.3, -0.25) is 0 Å². The minimum Gasteiger partial charge on any atom is -0.399 e. The van der Waals surface area contributed by atoms with E-state index in [4.69, 9.17) is 5.73 Å². The summed E-state index contributed by atoms with van der Waals surface area (Å²) in [6, 6.07) is 2.56. The highest BCUT2D eigenvalue weighted by molar-refractivity contribution is 5.56. The molecule has 0 heterocycles. The van der Waals surface area contributed by atoms with E-state index in [2.05, 4.69) is 13.8 Å². The van der Waals surface area contributed by atoms with Crippen molar-refractivity contribution in [1.82, 2.24) is 0 Å². The first-order valence-corrected chi connectivity index (χ1v) is 6.77. The number of nitrogens with two attached hydrogens (primary N) is 1. The van der Waals surface area contributed by atoms with Crippen LogP contribution in [0.25, 0.3) is 0 Å². The predicted molar refractivity (Wildman–Crippen MR) is 75.2 cm³/mol. The predicted octanol–water partition coefficient (Wildman–Crippen LogP) is 3.95. The molecular formula is C15H22F2N2. The van der Waals surface area contributed by atoms with E-state index in [1.54, 1.807) is 11.9 Å². The molecule has 0 unspecified atom stereocenters. The molecule has 1 aliphatic rings. The first kappa shape index (κ1) is 14.1. The third kappa shape index (κ3) is 2.99. The zero-order chi connectivity index (χ0) is 14.2. The van der Waals surface area contributed by atoms with Crippen molar-refractivity contribution in [2.24, 2.45) is 5.41 Å². The molecule has 1 saturated carbocycles. The van der Waals surface area contributed by atoms with Crippen molar-refractivity contribution < 1.29 is 8.78 Å². The van der Waals surface area contributed by atoms with Gasteiger partial charge in [-0.2, -0.15) is 0 Å². The zero-order valence-corrected chi connectivity index (χ0v) is 11.8. The second-order valence-electron chi connectivity index (χ2n) is 6.34. The molecule has 2 nitrogen and oxygen atoms in total. The van der Waals surface area contributed by atoms with Crippen LogP contribution in [-0.2, 0) is 0 Å². The lowest BCUT2D eigenvalue weighted by molar-refractivity contribution is 0.222. The Balaban J connectivity index is 2.19. The Morgan fingerprint density at radius 1 is 1.16 bits per heavy atom. The summed E-state index contributed by atoms with van der Waals surface area (Å²) in [7, 11) is 1.76. The SMILES string of the molecule is CN(c1c(F)cc(N)cc1F)C1CCC(C)(C)CC1. The fourth-order valence-electron chi connectivity index (χ4n) is 2.88. The van der Waals surface area contributed by atoms with Gasteiger partial charge in [0, 0.05) is 18.8 Å². The number of rotatable bonds is 2. The summed E-state index contributed by atoms with van der Waals surface area (Å²) >= 11 is 0. The lowest BCUT2D eigenvalue weighted by Crippen LogP contribution is -2.38. The summed E-state index contributed by atoms with van der Waals surface area (Å²) in [4.78, 5) is 1.74. The summed E-state index contributed by atoms with van der Waals surface area (Å²) in [5.41, 5.74) is 5.95. The summed E-state index contributed by atoms with van der Waals surface area (Å²) < 4.78 is 27.8. The van der Waals surface area contributed by atoms with E-state index in [0.717, 1.165) is 25.7 Å². The van der Waals surface area contributed by atoms with Crippen molar-refractivity contribution >= 4 is 11.4 Å². The molecule has 2 N–H and O–H groups in total. The van der Waals surface area contributed by atoms with Crippen LogP contribution in [0.5, 0.6) is 0 Å². The van der Waals surface area contributed by atoms with E-state index in [1.807, 2.05) is 0 Å². The molecule has 1 aromatic carbocycles. The van der Waals surface area contributed by atoms with Gasteiger partial charge in [0.05, 0.1) is 0 Å². The number of hydrogen-bond donors (Lipinski definition) is 1. The Morgan fingerprint density at radius 3 is 2.11 bits per heavy atom. The van der Waals surface area contributed by atoms with Gasteiger partial charge in [-0.25, -0.2) is 8.78 Å². The fraction of sp³-hybridized carbons (Fsp3) is 0.600. The van der Waals surface area contributed by atoms with Crippen molar-refractivity contribution in [3.8, 4) is 0 Å². The van der Waals surface area contributed by atoms with Crippen molar-refractivity contribution in [2.75, 3.05) is 17.7 Å². The van der Waals surface area contributed by atoms with Gasteiger partial charge in [0.2, 0.25) is 0 Å². The zero-order valence-electron chi connectivity index (χ0n) is 11.8. The monoisotopic (exact) mass is 268 g/mol. The summed E-state index contributed by atoms with van der Waals surface area (Å²) in [6.07, 6.45) is 4.10. The molecule has 1 fully saturated rings. The van der Waals surface area contributed by atoms with E-state index in [-0.39, 0.29) is 17.4 Å². The van der Waals surface area contributed by atoms with Crippen LogP contribution in [0.1, 0.15) is 39.5 Å². The minimum atomic E-state index is -0.579. The van der Waals surface area contributed by atoms with Crippen LogP contribution in [0.15, 0.2) is 12.1 Å². The fourth-order valence-corrected chi connectivity index (χ4v) is 2.88. The maximum atomic E-state index is 13.9. The van der Waals surface area contributed by atoms with Gasteiger partial charge in [-0.1, -0.05) is 13.8 Å². The molecule has 19 heavy (non-hydrogen) atoms. The second kappa shape index (κ2) is 4.99. The number of nitrogen functional groups attached to an aromatic ring is 1. The standard InChI is InChI=1S/C15H22F2N2/c1-15(2)6-4-11(5-7-15)19(3)14-12(16)8-10(18)9-13(14)17/h8-9,11H,4-7,18H2,1-3H3. The van der Waals surface area contributed by atoms with Gasteiger partial charge < -0.3 is 10.6 Å². The summed E-state index contributed by atoms with van der Waals surface area (Å²) in [6.45, 7) is 4.49. The van der Waals surface area contributed by atoms with E-state index in [9.17, 15) is 8.78 Å². The molecule has 4 heteroatoms. The number of anilines is 2. The van der Waals surface area contributed by atoms with Crippen LogP contribution in [0.3, 0.4) is 0 Å². The highest BCUT2D eigenvalue weighted by Gasteiger charge is 2.30. The largest absolute Gasteiger partial charge is 0.399 e. The van der Waals surface area contributed by atoms with Gasteiger partial charge in [-0.15, -0.1) is 0 Å². The molecule has 2 rings (SSSR count). The quantitative estimate of drug-likeness (QED) is 0.823. The van der Waals surface area contributed by atoms with Crippen LogP contribution in [0.2, 0.25) is 0 Å². The van der Waals surface area contributed by atoms with Gasteiger partial charge >= 0.3 is 0 Å². The molecule has 0 amide bonds. The van der Waals surface area contributed by atoms with Crippen molar-refractivity contribution in [3.05, 3.63) is 23.8 Å². The number of hydrogen-bond acceptors (Lipinski definition) is 2. The van der Waals surface area contributed by atoms with E-state index in [0.29, 0.717) is 5.41 Å². The topological polar surface area (TPSA) is 29.3 Å². The lowest BCUT2D eigenvalue weighted by Gasteiger charge is -2.39. The highest BCUT2D eigenvalue weighted by atomic mass is 19.1. The molecule has 0 aromatic heterocycles. The smallest absolute Gasteiger partial charge is 0.151 e. The molecule has 0 saturated heterocycles. The van der Waals surface area contributed by atoms with Crippen molar-refractivity contribution in [1.29, 1.82) is 0 Å². The lowest BCUT2D eigenvalue weighted by atomic mass is 9.75. The van der Waals surface area contributed by atoms with E-state index < -0.39 is 11.6 Å². The molecule has 0 spiro atoms. The van der Waals surface area contributed by atoms with Crippen LogP contribution >= 0.6 is 0 Å². The second-order valence-corrected chi connectivity index (χ2v) is 6.34. The Bertz CT molecular complexity index is 438. The molecular weight excluding hydrogens is 246 g/mol.